The first kappa shape index (κ1) is 17.2. The third-order valence-corrected chi connectivity index (χ3v) is 2.18. The molecule has 0 aliphatic carbocycles. The number of amides is 1. The summed E-state index contributed by atoms with van der Waals surface area (Å²) in [5, 5.41) is 2.38. The molecular formula is C12H17ClN2O4. The number of methoxy groups -OCH3 is 1. The summed E-state index contributed by atoms with van der Waals surface area (Å²) in [5.41, 5.74) is 6.32. The summed E-state index contributed by atoms with van der Waals surface area (Å²) in [5.74, 6) is -0.585. The summed E-state index contributed by atoms with van der Waals surface area (Å²) in [7, 11) is 1.23. The minimum absolute atomic E-state index is 0. The predicted molar refractivity (Wildman–Crippen MR) is 71.9 cm³/mol. The molecule has 1 amide bonds. The lowest BCUT2D eigenvalue weighted by molar-refractivity contribution is -0.141. The second-order valence-corrected chi connectivity index (χ2v) is 3.57. The maximum atomic E-state index is 11.3. The third kappa shape index (κ3) is 6.64. The average molecular weight is 289 g/mol. The van der Waals surface area contributed by atoms with E-state index < -0.39 is 18.1 Å². The van der Waals surface area contributed by atoms with Crippen LogP contribution in [-0.4, -0.2) is 31.8 Å². The number of alkyl carbamates (subject to hydrolysis) is 1. The van der Waals surface area contributed by atoms with E-state index in [9.17, 15) is 9.59 Å². The van der Waals surface area contributed by atoms with Gasteiger partial charge in [-0.3, -0.25) is 4.79 Å². The number of ether oxygens (including phenoxy) is 2. The molecule has 19 heavy (non-hydrogen) atoms. The highest BCUT2D eigenvalue weighted by Gasteiger charge is 2.14. The van der Waals surface area contributed by atoms with Crippen molar-refractivity contribution < 1.29 is 19.1 Å². The molecule has 0 spiro atoms. The molecule has 7 heteroatoms. The Labute approximate surface area is 117 Å². The number of hydrogen-bond acceptors (Lipinski definition) is 5. The second kappa shape index (κ2) is 9.18. The van der Waals surface area contributed by atoms with Crippen molar-refractivity contribution in [3.63, 3.8) is 0 Å². The highest BCUT2D eigenvalue weighted by Crippen LogP contribution is 2.00. The van der Waals surface area contributed by atoms with E-state index >= 15 is 0 Å². The van der Waals surface area contributed by atoms with Gasteiger partial charge in [0, 0.05) is 6.54 Å². The van der Waals surface area contributed by atoms with Crippen LogP contribution >= 0.6 is 12.4 Å². The molecule has 106 valence electrons. The zero-order valence-corrected chi connectivity index (χ0v) is 11.3. The second-order valence-electron chi connectivity index (χ2n) is 3.57. The van der Waals surface area contributed by atoms with Crippen LogP contribution in [0.3, 0.4) is 0 Å². The summed E-state index contributed by atoms with van der Waals surface area (Å²) >= 11 is 0. The fraction of sp³-hybridized carbons (Fsp3) is 0.333. The number of benzene rings is 1. The Hall–Kier alpha value is -1.79. The number of rotatable bonds is 5. The lowest BCUT2D eigenvalue weighted by Crippen LogP contribution is -2.43. The highest BCUT2D eigenvalue weighted by atomic mass is 35.5. The molecule has 0 aliphatic rings. The van der Waals surface area contributed by atoms with Gasteiger partial charge in [-0.2, -0.15) is 0 Å². The average Bonchev–Trinajstić information content (AvgIpc) is 2.42. The first-order valence-corrected chi connectivity index (χ1v) is 5.41. The Morgan fingerprint density at radius 1 is 1.32 bits per heavy atom. The van der Waals surface area contributed by atoms with Gasteiger partial charge in [-0.25, -0.2) is 4.79 Å². The molecule has 1 aromatic rings. The van der Waals surface area contributed by atoms with E-state index in [4.69, 9.17) is 10.5 Å². The molecule has 0 fully saturated rings. The molecule has 1 atom stereocenters. The Balaban J connectivity index is 0.00000324. The Bertz CT molecular complexity index is 400. The third-order valence-electron chi connectivity index (χ3n) is 2.18. The van der Waals surface area contributed by atoms with Gasteiger partial charge in [0.2, 0.25) is 0 Å². The molecule has 6 nitrogen and oxygen atoms in total. The molecule has 0 radical (unpaired) electrons. The van der Waals surface area contributed by atoms with E-state index in [0.717, 1.165) is 5.56 Å². The standard InChI is InChI=1S/C12H16N2O4.ClH/c1-17-11(15)10(13)7-14-12(16)18-8-9-5-3-2-4-6-9;/h2-6,10H,7-8,13H2,1H3,(H,14,16);1H/t10-;/m1./s1. The molecular weight excluding hydrogens is 272 g/mol. The van der Waals surface area contributed by atoms with Gasteiger partial charge in [-0.1, -0.05) is 30.3 Å². The van der Waals surface area contributed by atoms with Crippen LogP contribution in [-0.2, 0) is 20.9 Å². The van der Waals surface area contributed by atoms with Gasteiger partial charge >= 0.3 is 12.1 Å². The van der Waals surface area contributed by atoms with Gasteiger partial charge in [-0.15, -0.1) is 12.4 Å². The molecule has 0 unspecified atom stereocenters. The van der Waals surface area contributed by atoms with Crippen LogP contribution in [0.5, 0.6) is 0 Å². The minimum atomic E-state index is -0.890. The lowest BCUT2D eigenvalue weighted by atomic mass is 10.2. The van der Waals surface area contributed by atoms with Gasteiger partial charge in [0.05, 0.1) is 7.11 Å². The lowest BCUT2D eigenvalue weighted by Gasteiger charge is -2.10. The fourth-order valence-corrected chi connectivity index (χ4v) is 1.20. The Kier molecular flexibility index (Phi) is 8.32. The maximum absolute atomic E-state index is 11.3. The summed E-state index contributed by atoms with van der Waals surface area (Å²) in [6, 6.07) is 8.37. The molecule has 0 saturated heterocycles. The smallest absolute Gasteiger partial charge is 0.407 e. The molecule has 0 heterocycles. The summed E-state index contributed by atoms with van der Waals surface area (Å²) < 4.78 is 9.35. The maximum Gasteiger partial charge on any atom is 0.407 e. The molecule has 0 aromatic heterocycles. The molecule has 1 aromatic carbocycles. The van der Waals surface area contributed by atoms with Crippen molar-refractivity contribution in [2.45, 2.75) is 12.6 Å². The van der Waals surface area contributed by atoms with Crippen molar-refractivity contribution in [1.29, 1.82) is 0 Å². The van der Waals surface area contributed by atoms with E-state index in [2.05, 4.69) is 10.1 Å². The van der Waals surface area contributed by atoms with Gasteiger partial charge in [-0.05, 0) is 5.56 Å². The highest BCUT2D eigenvalue weighted by molar-refractivity contribution is 5.85. The molecule has 0 aliphatic heterocycles. The van der Waals surface area contributed by atoms with Crippen molar-refractivity contribution in [2.24, 2.45) is 5.73 Å². The van der Waals surface area contributed by atoms with E-state index in [0.29, 0.717) is 0 Å². The molecule has 0 saturated carbocycles. The zero-order chi connectivity index (χ0) is 13.4. The van der Waals surface area contributed by atoms with Crippen LogP contribution in [0.2, 0.25) is 0 Å². The summed E-state index contributed by atoms with van der Waals surface area (Å²) in [6.45, 7) is 0.139. The number of halogens is 1. The first-order valence-electron chi connectivity index (χ1n) is 5.41. The summed E-state index contributed by atoms with van der Waals surface area (Å²) in [4.78, 5) is 22.3. The van der Waals surface area contributed by atoms with Crippen LogP contribution in [0.15, 0.2) is 30.3 Å². The SMILES string of the molecule is COC(=O)[C@H](N)CNC(=O)OCc1ccccc1.Cl. The normalized spacial score (nSPS) is 10.8. The van der Waals surface area contributed by atoms with Crippen LogP contribution in [0.25, 0.3) is 0 Å². The van der Waals surface area contributed by atoms with E-state index in [1.807, 2.05) is 30.3 Å². The minimum Gasteiger partial charge on any atom is -0.468 e. The zero-order valence-electron chi connectivity index (χ0n) is 10.5. The topological polar surface area (TPSA) is 90.6 Å². The predicted octanol–water partition coefficient (Wildman–Crippen LogP) is 0.835. The van der Waals surface area contributed by atoms with Crippen molar-refractivity contribution in [3.8, 4) is 0 Å². The van der Waals surface area contributed by atoms with E-state index in [1.165, 1.54) is 7.11 Å². The van der Waals surface area contributed by atoms with Crippen molar-refractivity contribution >= 4 is 24.5 Å². The van der Waals surface area contributed by atoms with Gasteiger partial charge in [0.25, 0.3) is 0 Å². The van der Waals surface area contributed by atoms with Gasteiger partial charge in [0.1, 0.15) is 12.6 Å². The number of carbonyl (C=O) groups excluding carboxylic acids is 2. The first-order chi connectivity index (χ1) is 8.63. The van der Waals surface area contributed by atoms with Crippen molar-refractivity contribution in [3.05, 3.63) is 35.9 Å². The van der Waals surface area contributed by atoms with E-state index in [-0.39, 0.29) is 25.6 Å². The number of esters is 1. The van der Waals surface area contributed by atoms with Crippen molar-refractivity contribution in [2.75, 3.05) is 13.7 Å². The monoisotopic (exact) mass is 288 g/mol. The Morgan fingerprint density at radius 3 is 2.53 bits per heavy atom. The van der Waals surface area contributed by atoms with Crippen LogP contribution < -0.4 is 11.1 Å². The van der Waals surface area contributed by atoms with Gasteiger partial charge in [0.15, 0.2) is 0 Å². The quantitative estimate of drug-likeness (QED) is 0.783. The molecule has 0 bridgehead atoms. The largest absolute Gasteiger partial charge is 0.468 e. The van der Waals surface area contributed by atoms with Crippen LogP contribution in [0.1, 0.15) is 5.56 Å². The Morgan fingerprint density at radius 2 is 1.95 bits per heavy atom. The number of hydrogen-bond donors (Lipinski definition) is 2. The van der Waals surface area contributed by atoms with E-state index in [1.54, 1.807) is 0 Å². The molecule has 3 N–H and O–H groups in total. The van der Waals surface area contributed by atoms with Crippen molar-refractivity contribution in [1.82, 2.24) is 5.32 Å². The van der Waals surface area contributed by atoms with Gasteiger partial charge < -0.3 is 20.5 Å². The molecule has 1 rings (SSSR count). The summed E-state index contributed by atoms with van der Waals surface area (Å²) in [6.07, 6.45) is -0.627. The van der Waals surface area contributed by atoms with Crippen LogP contribution in [0, 0.1) is 0 Å². The van der Waals surface area contributed by atoms with Crippen LogP contribution in [0.4, 0.5) is 4.79 Å². The number of carbonyl (C=O) groups is 2. The number of nitrogens with one attached hydrogen (secondary N) is 1. The fourth-order valence-electron chi connectivity index (χ4n) is 1.20. The number of nitrogens with two attached hydrogens (primary N) is 1.